The van der Waals surface area contributed by atoms with Gasteiger partial charge in [-0.15, -0.1) is 0 Å². The quantitative estimate of drug-likeness (QED) is 0.370. The number of rotatable bonds is 9. The van der Waals surface area contributed by atoms with Crippen molar-refractivity contribution in [2.45, 2.75) is 45.8 Å². The number of nitrogens with one attached hydrogen (secondary N) is 1. The van der Waals surface area contributed by atoms with E-state index < -0.39 is 6.04 Å². The predicted molar refractivity (Wildman–Crippen MR) is 137 cm³/mol. The summed E-state index contributed by atoms with van der Waals surface area (Å²) in [6.45, 7) is 5.69. The molecule has 5 nitrogen and oxygen atoms in total. The van der Waals surface area contributed by atoms with Gasteiger partial charge in [0.15, 0.2) is 6.61 Å². The number of nitrogens with zero attached hydrogens (tertiary/aromatic N) is 1. The van der Waals surface area contributed by atoms with E-state index >= 15 is 0 Å². The van der Waals surface area contributed by atoms with Crippen molar-refractivity contribution in [2.24, 2.45) is 0 Å². The SMILES string of the molecule is CC[C@@H](C(=O)NC(C)C)N(Cc1ccccc1Cl)C(=O)COc1ccc2ccccc2c1Br. The molecule has 0 spiro atoms. The molecule has 0 aliphatic carbocycles. The molecule has 2 amide bonds. The van der Waals surface area contributed by atoms with E-state index in [4.69, 9.17) is 16.3 Å². The molecule has 3 aromatic carbocycles. The van der Waals surface area contributed by atoms with Crippen LogP contribution in [0.3, 0.4) is 0 Å². The van der Waals surface area contributed by atoms with Gasteiger partial charge >= 0.3 is 0 Å². The van der Waals surface area contributed by atoms with E-state index in [0.29, 0.717) is 17.2 Å². The fourth-order valence-corrected chi connectivity index (χ4v) is 4.46. The van der Waals surface area contributed by atoms with Crippen LogP contribution in [0.25, 0.3) is 10.8 Å². The molecule has 3 rings (SSSR count). The van der Waals surface area contributed by atoms with Crippen molar-refractivity contribution in [3.63, 3.8) is 0 Å². The number of fused-ring (bicyclic) bond motifs is 1. The second kappa shape index (κ2) is 11.5. The largest absolute Gasteiger partial charge is 0.483 e. The summed E-state index contributed by atoms with van der Waals surface area (Å²) < 4.78 is 6.70. The molecule has 1 N–H and O–H groups in total. The minimum absolute atomic E-state index is 0.0337. The first-order valence-corrected chi connectivity index (χ1v) is 12.1. The zero-order valence-electron chi connectivity index (χ0n) is 19.0. The second-order valence-electron chi connectivity index (χ2n) is 8.09. The van der Waals surface area contributed by atoms with Crippen molar-refractivity contribution in [3.8, 4) is 5.75 Å². The first-order valence-electron chi connectivity index (χ1n) is 10.9. The number of carbonyl (C=O) groups excluding carboxylic acids is 2. The molecule has 3 aromatic rings. The summed E-state index contributed by atoms with van der Waals surface area (Å²) in [5.41, 5.74) is 0.773. The summed E-state index contributed by atoms with van der Waals surface area (Å²) in [5.74, 6) is 0.0833. The Hall–Kier alpha value is -2.57. The van der Waals surface area contributed by atoms with E-state index in [2.05, 4.69) is 21.2 Å². The van der Waals surface area contributed by atoms with Crippen molar-refractivity contribution in [3.05, 3.63) is 75.7 Å². The van der Waals surface area contributed by atoms with Gasteiger partial charge in [0.25, 0.3) is 5.91 Å². The van der Waals surface area contributed by atoms with E-state index in [1.54, 1.807) is 11.0 Å². The van der Waals surface area contributed by atoms with Gasteiger partial charge in [0, 0.05) is 17.6 Å². The third kappa shape index (κ3) is 6.27. The van der Waals surface area contributed by atoms with E-state index in [9.17, 15) is 9.59 Å². The Kier molecular flexibility index (Phi) is 8.75. The Morgan fingerprint density at radius 1 is 1.06 bits per heavy atom. The highest BCUT2D eigenvalue weighted by molar-refractivity contribution is 9.10. The van der Waals surface area contributed by atoms with Crippen LogP contribution >= 0.6 is 27.5 Å². The average molecular weight is 532 g/mol. The molecule has 1 atom stereocenters. The van der Waals surface area contributed by atoms with E-state index in [1.807, 2.05) is 75.4 Å². The number of amides is 2. The number of hydrogen-bond donors (Lipinski definition) is 1. The molecule has 0 unspecified atom stereocenters. The summed E-state index contributed by atoms with van der Waals surface area (Å²) in [4.78, 5) is 27.8. The Labute approximate surface area is 208 Å². The molecule has 174 valence electrons. The van der Waals surface area contributed by atoms with Crippen LogP contribution in [0.4, 0.5) is 0 Å². The predicted octanol–water partition coefficient (Wildman–Crippen LogP) is 5.97. The minimum Gasteiger partial charge on any atom is -0.483 e. The maximum Gasteiger partial charge on any atom is 0.261 e. The highest BCUT2D eigenvalue weighted by Crippen LogP contribution is 2.33. The molecule has 7 heteroatoms. The molecule has 0 radical (unpaired) electrons. The highest BCUT2D eigenvalue weighted by Gasteiger charge is 2.29. The highest BCUT2D eigenvalue weighted by atomic mass is 79.9. The van der Waals surface area contributed by atoms with Crippen LogP contribution in [0.1, 0.15) is 32.8 Å². The zero-order valence-corrected chi connectivity index (χ0v) is 21.3. The maximum atomic E-state index is 13.4. The topological polar surface area (TPSA) is 58.6 Å². The molecule has 0 saturated heterocycles. The Morgan fingerprint density at radius 2 is 1.76 bits per heavy atom. The number of hydrogen-bond acceptors (Lipinski definition) is 3. The van der Waals surface area contributed by atoms with E-state index in [0.717, 1.165) is 20.8 Å². The maximum absolute atomic E-state index is 13.4. The standard InChI is InChI=1S/C26H28BrClN2O3/c1-4-22(26(32)29-17(2)3)30(15-19-10-6-8-12-21(19)28)24(31)16-33-23-14-13-18-9-5-7-11-20(18)25(23)27/h5-14,17,22H,4,15-16H2,1-3H3,(H,29,32)/t22-/m0/s1. The molecule has 0 aliphatic heterocycles. The summed E-state index contributed by atoms with van der Waals surface area (Å²) in [6, 6.07) is 18.4. The molecule has 0 aromatic heterocycles. The average Bonchev–Trinajstić information content (AvgIpc) is 2.79. The molecular weight excluding hydrogens is 504 g/mol. The van der Waals surface area contributed by atoms with Crippen molar-refractivity contribution in [2.75, 3.05) is 6.61 Å². The van der Waals surface area contributed by atoms with Gasteiger partial charge in [0.1, 0.15) is 11.8 Å². The molecule has 0 aliphatic rings. The zero-order chi connectivity index (χ0) is 24.0. The fraction of sp³-hybridized carbons (Fsp3) is 0.308. The first kappa shape index (κ1) is 25.1. The van der Waals surface area contributed by atoms with Gasteiger partial charge < -0.3 is 15.0 Å². The van der Waals surface area contributed by atoms with Crippen LogP contribution in [0.2, 0.25) is 5.02 Å². The van der Waals surface area contributed by atoms with Crippen molar-refractivity contribution < 1.29 is 14.3 Å². The lowest BCUT2D eigenvalue weighted by atomic mass is 10.1. The number of benzene rings is 3. The fourth-order valence-electron chi connectivity index (χ4n) is 3.66. The molecule has 0 heterocycles. The lowest BCUT2D eigenvalue weighted by Crippen LogP contribution is -2.51. The van der Waals surface area contributed by atoms with Gasteiger partial charge in [-0.25, -0.2) is 0 Å². The monoisotopic (exact) mass is 530 g/mol. The van der Waals surface area contributed by atoms with Crippen LogP contribution in [-0.2, 0) is 16.1 Å². The van der Waals surface area contributed by atoms with Gasteiger partial charge in [-0.1, -0.05) is 67.1 Å². The Morgan fingerprint density at radius 3 is 2.45 bits per heavy atom. The molecule has 0 fully saturated rings. The lowest BCUT2D eigenvalue weighted by Gasteiger charge is -2.31. The number of halogens is 2. The van der Waals surface area contributed by atoms with Crippen LogP contribution in [0, 0.1) is 0 Å². The van der Waals surface area contributed by atoms with Gasteiger partial charge in [-0.05, 0) is 64.7 Å². The third-order valence-corrected chi connectivity index (χ3v) is 6.48. The van der Waals surface area contributed by atoms with E-state index in [-0.39, 0.29) is 31.0 Å². The molecule has 0 bridgehead atoms. The lowest BCUT2D eigenvalue weighted by molar-refractivity contribution is -0.143. The molecule has 0 saturated carbocycles. The van der Waals surface area contributed by atoms with Crippen molar-refractivity contribution in [1.82, 2.24) is 10.2 Å². The number of carbonyl (C=O) groups is 2. The summed E-state index contributed by atoms with van der Waals surface area (Å²) in [7, 11) is 0. The summed E-state index contributed by atoms with van der Waals surface area (Å²) in [6.07, 6.45) is 0.467. The second-order valence-corrected chi connectivity index (χ2v) is 9.29. The van der Waals surface area contributed by atoms with Crippen LogP contribution in [0.15, 0.2) is 65.1 Å². The van der Waals surface area contributed by atoms with Crippen molar-refractivity contribution >= 4 is 50.1 Å². The normalized spacial score (nSPS) is 11.9. The smallest absolute Gasteiger partial charge is 0.261 e. The van der Waals surface area contributed by atoms with Crippen molar-refractivity contribution in [1.29, 1.82) is 0 Å². The third-order valence-electron chi connectivity index (χ3n) is 5.29. The van der Waals surface area contributed by atoms with Gasteiger partial charge in [-0.2, -0.15) is 0 Å². The Bertz CT molecular complexity index is 1140. The van der Waals surface area contributed by atoms with Gasteiger partial charge in [0.2, 0.25) is 5.91 Å². The molecular formula is C26H28BrClN2O3. The summed E-state index contributed by atoms with van der Waals surface area (Å²) >= 11 is 9.95. The minimum atomic E-state index is -0.639. The number of ether oxygens (including phenoxy) is 1. The summed E-state index contributed by atoms with van der Waals surface area (Å²) in [5, 5.41) is 5.53. The van der Waals surface area contributed by atoms with Crippen LogP contribution in [-0.4, -0.2) is 35.4 Å². The van der Waals surface area contributed by atoms with Gasteiger partial charge in [0.05, 0.1) is 4.47 Å². The van der Waals surface area contributed by atoms with Gasteiger partial charge in [-0.3, -0.25) is 9.59 Å². The van der Waals surface area contributed by atoms with Crippen LogP contribution < -0.4 is 10.1 Å². The van der Waals surface area contributed by atoms with Crippen LogP contribution in [0.5, 0.6) is 5.75 Å². The van der Waals surface area contributed by atoms with E-state index in [1.165, 1.54) is 0 Å². The molecule has 33 heavy (non-hydrogen) atoms. The first-order chi connectivity index (χ1) is 15.8. The Balaban J connectivity index is 1.84.